The minimum absolute atomic E-state index is 0.0102. The summed E-state index contributed by atoms with van der Waals surface area (Å²) in [4.78, 5) is 13.7. The summed E-state index contributed by atoms with van der Waals surface area (Å²) in [5.41, 5.74) is 0.114. The van der Waals surface area contributed by atoms with Crippen LogP contribution in [0.25, 0.3) is 0 Å². The molecule has 0 aliphatic carbocycles. The topological polar surface area (TPSA) is 66.8 Å². The number of rotatable bonds is 2. The van der Waals surface area contributed by atoms with Crippen molar-refractivity contribution in [1.29, 1.82) is 0 Å². The Morgan fingerprint density at radius 1 is 0.889 bits per heavy atom. The molecule has 0 aromatic heterocycles. The largest absolute Gasteiger partial charge is 0.508 e. The molecule has 4 nitrogen and oxygen atoms in total. The lowest BCUT2D eigenvalue weighted by atomic mass is 9.68. The number of ketones is 1. The standard InChI is InChI=1S/C21H14Cl2O4/c22-15-7-6-13(8-16(15)23)21(12-4-2-1-3-5-12)11-27-18-10-14(24)9-17(25)19(18)20(21)26/h1-10,24-25H,11H2. The molecule has 0 bridgehead atoms. The van der Waals surface area contributed by atoms with E-state index in [9.17, 15) is 15.0 Å². The minimum atomic E-state index is -1.21. The van der Waals surface area contributed by atoms with Crippen molar-refractivity contribution in [3.8, 4) is 17.2 Å². The first-order chi connectivity index (χ1) is 12.9. The third-order valence-corrected chi connectivity index (χ3v) is 5.54. The average molecular weight is 401 g/mol. The maximum atomic E-state index is 13.7. The highest BCUT2D eigenvalue weighted by molar-refractivity contribution is 6.42. The van der Waals surface area contributed by atoms with Crippen LogP contribution >= 0.6 is 23.2 Å². The number of carbonyl (C=O) groups excluding carboxylic acids is 1. The third-order valence-electron chi connectivity index (χ3n) is 4.80. The van der Waals surface area contributed by atoms with Crippen molar-refractivity contribution < 1.29 is 19.7 Å². The maximum Gasteiger partial charge on any atom is 0.188 e. The molecule has 136 valence electrons. The minimum Gasteiger partial charge on any atom is -0.508 e. The molecule has 6 heteroatoms. The Morgan fingerprint density at radius 2 is 1.63 bits per heavy atom. The molecular weight excluding hydrogens is 387 g/mol. The number of fused-ring (bicyclic) bond motifs is 1. The van der Waals surface area contributed by atoms with E-state index >= 15 is 0 Å². The van der Waals surface area contributed by atoms with Gasteiger partial charge in [-0.2, -0.15) is 0 Å². The number of carbonyl (C=O) groups is 1. The molecule has 4 rings (SSSR count). The normalized spacial score (nSPS) is 18.7. The van der Waals surface area contributed by atoms with Gasteiger partial charge in [-0.15, -0.1) is 0 Å². The summed E-state index contributed by atoms with van der Waals surface area (Å²) in [5.74, 6) is -0.717. The van der Waals surface area contributed by atoms with Crippen LogP contribution in [0, 0.1) is 0 Å². The van der Waals surface area contributed by atoms with E-state index < -0.39 is 5.41 Å². The average Bonchev–Trinajstić information content (AvgIpc) is 2.65. The van der Waals surface area contributed by atoms with Gasteiger partial charge >= 0.3 is 0 Å². The number of aromatic hydroxyl groups is 2. The highest BCUT2D eigenvalue weighted by Crippen LogP contribution is 2.46. The molecule has 1 unspecified atom stereocenters. The summed E-state index contributed by atoms with van der Waals surface area (Å²) in [6, 6.07) is 16.6. The van der Waals surface area contributed by atoms with Gasteiger partial charge in [0.1, 0.15) is 34.8 Å². The smallest absolute Gasteiger partial charge is 0.188 e. The molecule has 0 saturated heterocycles. The highest BCUT2D eigenvalue weighted by atomic mass is 35.5. The number of benzene rings is 3. The lowest BCUT2D eigenvalue weighted by molar-refractivity contribution is 0.0813. The second-order valence-electron chi connectivity index (χ2n) is 6.36. The lowest BCUT2D eigenvalue weighted by Crippen LogP contribution is -2.46. The first-order valence-corrected chi connectivity index (χ1v) is 8.94. The van der Waals surface area contributed by atoms with Crippen LogP contribution in [0.3, 0.4) is 0 Å². The van der Waals surface area contributed by atoms with Gasteiger partial charge in [0.05, 0.1) is 10.0 Å². The molecule has 1 heterocycles. The molecule has 0 radical (unpaired) electrons. The fourth-order valence-electron chi connectivity index (χ4n) is 3.47. The van der Waals surface area contributed by atoms with Gasteiger partial charge < -0.3 is 14.9 Å². The van der Waals surface area contributed by atoms with E-state index in [1.54, 1.807) is 18.2 Å². The van der Waals surface area contributed by atoms with E-state index in [4.69, 9.17) is 27.9 Å². The molecule has 27 heavy (non-hydrogen) atoms. The van der Waals surface area contributed by atoms with Gasteiger partial charge in [0.15, 0.2) is 5.78 Å². The zero-order chi connectivity index (χ0) is 19.2. The van der Waals surface area contributed by atoms with Crippen LogP contribution in [-0.4, -0.2) is 22.6 Å². The molecule has 1 aliphatic heterocycles. The van der Waals surface area contributed by atoms with Crippen LogP contribution in [0.5, 0.6) is 17.2 Å². The Balaban J connectivity index is 2.00. The predicted octanol–water partition coefficient (Wildman–Crippen LogP) is 4.97. The maximum absolute atomic E-state index is 13.7. The Labute approximate surface area is 165 Å². The number of hydrogen-bond donors (Lipinski definition) is 2. The number of Topliss-reactive ketones (excluding diaryl/α,β-unsaturated/α-hetero) is 1. The third kappa shape index (κ3) is 2.73. The van der Waals surface area contributed by atoms with E-state index in [0.29, 0.717) is 21.2 Å². The van der Waals surface area contributed by atoms with Crippen molar-refractivity contribution in [2.75, 3.05) is 6.61 Å². The fourth-order valence-corrected chi connectivity index (χ4v) is 3.77. The van der Waals surface area contributed by atoms with Crippen molar-refractivity contribution in [3.63, 3.8) is 0 Å². The molecule has 0 amide bonds. The van der Waals surface area contributed by atoms with E-state index in [2.05, 4.69) is 0 Å². The van der Waals surface area contributed by atoms with Gasteiger partial charge in [-0.05, 0) is 23.3 Å². The van der Waals surface area contributed by atoms with Gasteiger partial charge in [-0.25, -0.2) is 0 Å². The van der Waals surface area contributed by atoms with Gasteiger partial charge in [-0.3, -0.25) is 4.79 Å². The van der Waals surface area contributed by atoms with Crippen molar-refractivity contribution in [1.82, 2.24) is 0 Å². The van der Waals surface area contributed by atoms with Gasteiger partial charge in [0.2, 0.25) is 0 Å². The number of hydrogen-bond acceptors (Lipinski definition) is 4. The number of phenolic OH excluding ortho intramolecular Hbond substituents is 2. The first kappa shape index (κ1) is 17.7. The predicted molar refractivity (Wildman–Crippen MR) is 103 cm³/mol. The van der Waals surface area contributed by atoms with E-state index in [1.165, 1.54) is 6.07 Å². The van der Waals surface area contributed by atoms with Gasteiger partial charge in [0.25, 0.3) is 0 Å². The van der Waals surface area contributed by atoms with E-state index in [0.717, 1.165) is 6.07 Å². The molecule has 0 saturated carbocycles. The summed E-state index contributed by atoms with van der Waals surface area (Å²) < 4.78 is 5.83. The van der Waals surface area contributed by atoms with Crippen LogP contribution in [0.2, 0.25) is 10.0 Å². The first-order valence-electron chi connectivity index (χ1n) is 8.18. The molecule has 0 spiro atoms. The monoisotopic (exact) mass is 400 g/mol. The SMILES string of the molecule is O=C1c2c(O)cc(O)cc2OCC1(c1ccccc1)c1ccc(Cl)c(Cl)c1. The summed E-state index contributed by atoms with van der Waals surface area (Å²) in [7, 11) is 0. The molecule has 1 aliphatic rings. The van der Waals surface area contributed by atoms with Crippen molar-refractivity contribution in [2.24, 2.45) is 0 Å². The number of phenols is 2. The summed E-state index contributed by atoms with van der Waals surface area (Å²) in [6.07, 6.45) is 0. The quantitative estimate of drug-likeness (QED) is 0.637. The molecular formula is C21H14Cl2O4. The zero-order valence-corrected chi connectivity index (χ0v) is 15.5. The summed E-state index contributed by atoms with van der Waals surface area (Å²) >= 11 is 12.3. The summed E-state index contributed by atoms with van der Waals surface area (Å²) in [5, 5.41) is 20.7. The van der Waals surface area contributed by atoms with E-state index in [1.807, 2.05) is 30.3 Å². The number of halogens is 2. The highest BCUT2D eigenvalue weighted by Gasteiger charge is 2.48. The van der Waals surface area contributed by atoms with Crippen LogP contribution in [0.1, 0.15) is 21.5 Å². The summed E-state index contributed by atoms with van der Waals surface area (Å²) in [6.45, 7) is -0.0102. The van der Waals surface area contributed by atoms with Crippen LogP contribution < -0.4 is 4.74 Å². The Kier molecular flexibility index (Phi) is 4.25. The van der Waals surface area contributed by atoms with Gasteiger partial charge in [0, 0.05) is 12.1 Å². The fraction of sp³-hybridized carbons (Fsp3) is 0.0952. The molecule has 1 atom stereocenters. The Bertz CT molecular complexity index is 1050. The molecule has 3 aromatic carbocycles. The van der Waals surface area contributed by atoms with Crippen molar-refractivity contribution in [3.05, 3.63) is 87.4 Å². The molecule has 2 N–H and O–H groups in total. The van der Waals surface area contributed by atoms with Crippen molar-refractivity contribution >= 4 is 29.0 Å². The van der Waals surface area contributed by atoms with Crippen LogP contribution in [-0.2, 0) is 5.41 Å². The molecule has 3 aromatic rings. The van der Waals surface area contributed by atoms with Gasteiger partial charge in [-0.1, -0.05) is 59.6 Å². The molecule has 0 fully saturated rings. The Hall–Kier alpha value is -2.69. The lowest BCUT2D eigenvalue weighted by Gasteiger charge is -2.37. The van der Waals surface area contributed by atoms with E-state index in [-0.39, 0.29) is 35.2 Å². The zero-order valence-electron chi connectivity index (χ0n) is 13.9. The second-order valence-corrected chi connectivity index (χ2v) is 7.17. The van der Waals surface area contributed by atoms with Crippen LogP contribution in [0.4, 0.5) is 0 Å². The van der Waals surface area contributed by atoms with Crippen molar-refractivity contribution in [2.45, 2.75) is 5.41 Å². The number of ether oxygens (including phenoxy) is 1. The van der Waals surface area contributed by atoms with Crippen LogP contribution in [0.15, 0.2) is 60.7 Å². The Morgan fingerprint density at radius 3 is 2.33 bits per heavy atom. The second kappa shape index (κ2) is 6.48.